The van der Waals surface area contributed by atoms with Gasteiger partial charge in [0, 0.05) is 10.9 Å². The summed E-state index contributed by atoms with van der Waals surface area (Å²) < 4.78 is 6.41. The Hall–Kier alpha value is -3.51. The minimum atomic E-state index is -0.500. The summed E-state index contributed by atoms with van der Waals surface area (Å²) in [5.41, 5.74) is 1.87. The van der Waals surface area contributed by atoms with Gasteiger partial charge in [0.15, 0.2) is 0 Å². The molecule has 0 radical (unpaired) electrons. The number of aromatic nitrogens is 3. The van der Waals surface area contributed by atoms with Crippen molar-refractivity contribution < 1.29 is 14.3 Å². The highest BCUT2D eigenvalue weighted by Gasteiger charge is 2.22. The summed E-state index contributed by atoms with van der Waals surface area (Å²) >= 11 is 1.24. The number of amides is 1. The first kappa shape index (κ1) is 18.3. The van der Waals surface area contributed by atoms with Gasteiger partial charge in [-0.3, -0.25) is 4.79 Å². The number of carbonyl (C=O) groups is 2. The first-order chi connectivity index (χ1) is 13.1. The van der Waals surface area contributed by atoms with Crippen LogP contribution in [0, 0.1) is 11.3 Å². The topological polar surface area (TPSA) is 110 Å². The fourth-order valence-corrected chi connectivity index (χ4v) is 3.39. The summed E-state index contributed by atoms with van der Waals surface area (Å²) in [6.45, 7) is 1.82. The maximum Gasteiger partial charge on any atom is 0.341 e. The number of hydrogen-bond acceptors (Lipinski definition) is 7. The van der Waals surface area contributed by atoms with Gasteiger partial charge in [0.05, 0.1) is 6.61 Å². The number of nitrogens with zero attached hydrogens (tertiary/aromatic N) is 4. The molecule has 136 valence electrons. The minimum absolute atomic E-state index is 0.0162. The lowest BCUT2D eigenvalue weighted by atomic mass is 10.0. The van der Waals surface area contributed by atoms with Crippen LogP contribution in [0.25, 0.3) is 11.1 Å². The van der Waals surface area contributed by atoms with Crippen LogP contribution in [0.3, 0.4) is 0 Å². The van der Waals surface area contributed by atoms with Crippen molar-refractivity contribution in [2.75, 3.05) is 11.9 Å². The molecule has 3 rings (SSSR count). The van der Waals surface area contributed by atoms with Gasteiger partial charge >= 0.3 is 5.97 Å². The Labute approximate surface area is 159 Å². The SMILES string of the molecule is CCOC(=O)c1c(-c2ccccc2)csc1NC(=O)Cn1cnc(C#N)n1. The Bertz CT molecular complexity index is 1000. The van der Waals surface area contributed by atoms with Crippen molar-refractivity contribution in [3.05, 3.63) is 53.4 Å². The van der Waals surface area contributed by atoms with Gasteiger partial charge in [-0.15, -0.1) is 16.4 Å². The molecule has 1 aromatic carbocycles. The molecule has 0 unspecified atom stereocenters. The standard InChI is InChI=1S/C18H15N5O3S/c1-2-26-18(25)16-13(12-6-4-3-5-7-12)10-27-17(16)21-15(24)9-23-11-20-14(8-19)22-23/h3-7,10-11H,2,9H2,1H3,(H,21,24). The van der Waals surface area contributed by atoms with E-state index in [1.54, 1.807) is 18.4 Å². The van der Waals surface area contributed by atoms with Crippen molar-refractivity contribution in [3.63, 3.8) is 0 Å². The average molecular weight is 381 g/mol. The van der Waals surface area contributed by atoms with Crippen LogP contribution < -0.4 is 5.32 Å². The van der Waals surface area contributed by atoms with Crippen molar-refractivity contribution in [3.8, 4) is 17.2 Å². The Kier molecular flexibility index (Phi) is 5.58. The molecular weight excluding hydrogens is 366 g/mol. The van der Waals surface area contributed by atoms with Gasteiger partial charge < -0.3 is 10.1 Å². The van der Waals surface area contributed by atoms with E-state index < -0.39 is 11.9 Å². The van der Waals surface area contributed by atoms with Crippen LogP contribution >= 0.6 is 11.3 Å². The molecule has 27 heavy (non-hydrogen) atoms. The number of thiophene rings is 1. The lowest BCUT2D eigenvalue weighted by molar-refractivity contribution is -0.116. The van der Waals surface area contributed by atoms with Crippen LogP contribution in [0.15, 0.2) is 42.0 Å². The molecule has 0 bridgehead atoms. The Morgan fingerprint density at radius 3 is 2.78 bits per heavy atom. The molecule has 0 spiro atoms. The van der Waals surface area contributed by atoms with Gasteiger partial charge in [0.25, 0.3) is 5.82 Å². The summed E-state index contributed by atoms with van der Waals surface area (Å²) in [7, 11) is 0. The zero-order valence-electron chi connectivity index (χ0n) is 14.4. The first-order valence-corrected chi connectivity index (χ1v) is 8.93. The third kappa shape index (κ3) is 4.19. The molecule has 8 nitrogen and oxygen atoms in total. The van der Waals surface area contributed by atoms with Gasteiger partial charge in [-0.1, -0.05) is 30.3 Å². The van der Waals surface area contributed by atoms with Crippen LogP contribution in [0.4, 0.5) is 5.00 Å². The molecule has 2 aromatic heterocycles. The molecule has 0 aliphatic heterocycles. The number of esters is 1. The van der Waals surface area contributed by atoms with Crippen LogP contribution in [-0.4, -0.2) is 33.2 Å². The number of benzene rings is 1. The molecule has 0 atom stereocenters. The number of rotatable bonds is 6. The molecular formula is C18H15N5O3S. The van der Waals surface area contributed by atoms with E-state index in [4.69, 9.17) is 10.00 Å². The lowest BCUT2D eigenvalue weighted by Gasteiger charge is -2.08. The lowest BCUT2D eigenvalue weighted by Crippen LogP contribution is -2.20. The summed E-state index contributed by atoms with van der Waals surface area (Å²) in [6.07, 6.45) is 1.30. The number of nitrogens with one attached hydrogen (secondary N) is 1. The van der Waals surface area contributed by atoms with E-state index in [2.05, 4.69) is 15.4 Å². The maximum atomic E-state index is 12.5. The Morgan fingerprint density at radius 2 is 2.11 bits per heavy atom. The van der Waals surface area contributed by atoms with E-state index in [-0.39, 0.29) is 19.0 Å². The largest absolute Gasteiger partial charge is 0.462 e. The van der Waals surface area contributed by atoms with Gasteiger partial charge in [-0.05, 0) is 12.5 Å². The molecule has 3 aromatic rings. The Morgan fingerprint density at radius 1 is 1.33 bits per heavy atom. The molecule has 0 saturated heterocycles. The number of carbonyl (C=O) groups excluding carboxylic acids is 2. The van der Waals surface area contributed by atoms with Crippen molar-refractivity contribution >= 4 is 28.2 Å². The third-order valence-electron chi connectivity index (χ3n) is 3.55. The smallest absolute Gasteiger partial charge is 0.341 e. The summed E-state index contributed by atoms with van der Waals surface area (Å²) in [6, 6.07) is 11.2. The first-order valence-electron chi connectivity index (χ1n) is 8.05. The predicted octanol–water partition coefficient (Wildman–Crippen LogP) is 2.69. The minimum Gasteiger partial charge on any atom is -0.462 e. The van der Waals surface area contributed by atoms with E-state index >= 15 is 0 Å². The fraction of sp³-hybridized carbons (Fsp3) is 0.167. The van der Waals surface area contributed by atoms with Crippen molar-refractivity contribution in [1.82, 2.24) is 14.8 Å². The normalized spacial score (nSPS) is 10.2. The zero-order chi connectivity index (χ0) is 19.2. The fourth-order valence-electron chi connectivity index (χ4n) is 2.42. The van der Waals surface area contributed by atoms with E-state index in [1.165, 1.54) is 22.3 Å². The third-order valence-corrected chi connectivity index (χ3v) is 4.45. The quantitative estimate of drug-likeness (QED) is 0.658. The summed E-state index contributed by atoms with van der Waals surface area (Å²) in [4.78, 5) is 28.6. The predicted molar refractivity (Wildman–Crippen MR) is 99.1 cm³/mol. The summed E-state index contributed by atoms with van der Waals surface area (Å²) in [5.74, 6) is -0.908. The van der Waals surface area contributed by atoms with Crippen molar-refractivity contribution in [2.24, 2.45) is 0 Å². The molecule has 0 saturated carbocycles. The maximum absolute atomic E-state index is 12.5. The van der Waals surface area contributed by atoms with Crippen LogP contribution in [0.5, 0.6) is 0 Å². The Balaban J connectivity index is 1.86. The molecule has 0 fully saturated rings. The van der Waals surface area contributed by atoms with Crippen molar-refractivity contribution in [2.45, 2.75) is 13.5 Å². The highest BCUT2D eigenvalue weighted by Crippen LogP contribution is 2.36. The number of ether oxygens (including phenoxy) is 1. The second-order valence-electron chi connectivity index (χ2n) is 5.37. The molecule has 9 heteroatoms. The number of anilines is 1. The molecule has 1 N–H and O–H groups in total. The zero-order valence-corrected chi connectivity index (χ0v) is 15.2. The van der Waals surface area contributed by atoms with Gasteiger partial charge in [0.1, 0.15) is 29.5 Å². The van der Waals surface area contributed by atoms with E-state index in [1.807, 2.05) is 30.3 Å². The second-order valence-corrected chi connectivity index (χ2v) is 6.25. The monoisotopic (exact) mass is 381 g/mol. The summed E-state index contributed by atoms with van der Waals surface area (Å²) in [5, 5.41) is 17.5. The van der Waals surface area contributed by atoms with Gasteiger partial charge in [-0.25, -0.2) is 14.5 Å². The average Bonchev–Trinajstić information content (AvgIpc) is 3.29. The van der Waals surface area contributed by atoms with Crippen LogP contribution in [-0.2, 0) is 16.1 Å². The highest BCUT2D eigenvalue weighted by atomic mass is 32.1. The van der Waals surface area contributed by atoms with E-state index in [0.717, 1.165) is 5.56 Å². The van der Waals surface area contributed by atoms with Gasteiger partial charge in [0.2, 0.25) is 5.91 Å². The van der Waals surface area contributed by atoms with Crippen LogP contribution in [0.2, 0.25) is 0 Å². The van der Waals surface area contributed by atoms with Gasteiger partial charge in [-0.2, -0.15) is 5.26 Å². The molecule has 0 aliphatic rings. The molecule has 2 heterocycles. The molecule has 1 amide bonds. The number of nitriles is 1. The van der Waals surface area contributed by atoms with E-state index in [9.17, 15) is 9.59 Å². The van der Waals surface area contributed by atoms with E-state index in [0.29, 0.717) is 16.1 Å². The molecule has 0 aliphatic carbocycles. The van der Waals surface area contributed by atoms with Crippen LogP contribution in [0.1, 0.15) is 23.1 Å². The number of hydrogen-bond donors (Lipinski definition) is 1. The second kappa shape index (κ2) is 8.25. The highest BCUT2D eigenvalue weighted by molar-refractivity contribution is 7.15. The van der Waals surface area contributed by atoms with Crippen molar-refractivity contribution in [1.29, 1.82) is 5.26 Å².